The van der Waals surface area contributed by atoms with Crippen LogP contribution in [0, 0.1) is 0 Å². The van der Waals surface area contributed by atoms with Crippen LogP contribution in [0.25, 0.3) is 22.4 Å². The van der Waals surface area contributed by atoms with Crippen LogP contribution in [0.4, 0.5) is 5.95 Å². The van der Waals surface area contributed by atoms with Gasteiger partial charge in [-0.1, -0.05) is 24.3 Å². The maximum absolute atomic E-state index is 11.7. The van der Waals surface area contributed by atoms with Gasteiger partial charge in [0, 0.05) is 5.56 Å². The molecule has 140 valence electrons. The molecule has 0 aliphatic rings. The molecular weight excluding hydrogens is 356 g/mol. The number of imidazole rings is 1. The van der Waals surface area contributed by atoms with Gasteiger partial charge < -0.3 is 14.1 Å². The quantitative estimate of drug-likeness (QED) is 0.296. The van der Waals surface area contributed by atoms with Crippen LogP contribution in [0.5, 0.6) is 0 Å². The van der Waals surface area contributed by atoms with Crippen LogP contribution < -0.4 is 5.43 Å². The van der Waals surface area contributed by atoms with Gasteiger partial charge in [-0.2, -0.15) is 5.10 Å². The van der Waals surface area contributed by atoms with E-state index in [-0.39, 0.29) is 5.97 Å². The fraction of sp³-hybridized carbons (Fsp3) is 0.0952. The fourth-order valence-corrected chi connectivity index (χ4v) is 2.73. The molecule has 2 heterocycles. The Morgan fingerprint density at radius 1 is 1.18 bits per heavy atom. The zero-order valence-electron chi connectivity index (χ0n) is 15.2. The van der Waals surface area contributed by atoms with Crippen molar-refractivity contribution in [2.75, 3.05) is 12.0 Å². The highest BCUT2D eigenvalue weighted by Crippen LogP contribution is 2.22. The van der Waals surface area contributed by atoms with Crippen LogP contribution in [0.1, 0.15) is 23.0 Å². The molecule has 28 heavy (non-hydrogen) atoms. The average Bonchev–Trinajstić information content (AvgIpc) is 3.35. The van der Waals surface area contributed by atoms with Gasteiger partial charge in [-0.15, -0.1) is 0 Å². The number of nitrogens with zero attached hydrogens (tertiary/aromatic N) is 2. The van der Waals surface area contributed by atoms with Crippen molar-refractivity contribution in [2.24, 2.45) is 5.10 Å². The molecule has 0 spiro atoms. The van der Waals surface area contributed by atoms with Crippen molar-refractivity contribution in [2.45, 2.75) is 6.92 Å². The predicted molar refractivity (Wildman–Crippen MR) is 107 cm³/mol. The number of aromatic amines is 1. The Morgan fingerprint density at radius 3 is 2.79 bits per heavy atom. The zero-order chi connectivity index (χ0) is 19.3. The number of hydrazone groups is 1. The van der Waals surface area contributed by atoms with E-state index in [4.69, 9.17) is 9.15 Å². The summed E-state index contributed by atoms with van der Waals surface area (Å²) in [5.41, 5.74) is 6.03. The lowest BCUT2D eigenvalue weighted by Crippen LogP contribution is -2.03. The number of esters is 1. The number of H-pyrrole nitrogens is 1. The highest BCUT2D eigenvalue weighted by Gasteiger charge is 2.08. The zero-order valence-corrected chi connectivity index (χ0v) is 15.2. The van der Waals surface area contributed by atoms with E-state index in [1.165, 1.54) is 0 Å². The first-order valence-electron chi connectivity index (χ1n) is 8.84. The van der Waals surface area contributed by atoms with E-state index >= 15 is 0 Å². The molecule has 7 heteroatoms. The Balaban J connectivity index is 1.42. The lowest BCUT2D eigenvalue weighted by atomic mass is 10.1. The Hall–Kier alpha value is -3.87. The number of para-hydroxylation sites is 2. The highest BCUT2D eigenvalue weighted by molar-refractivity contribution is 5.90. The lowest BCUT2D eigenvalue weighted by Gasteiger charge is -2.02. The average molecular weight is 374 g/mol. The number of hydrogen-bond donors (Lipinski definition) is 2. The number of aromatic nitrogens is 2. The fourth-order valence-electron chi connectivity index (χ4n) is 2.73. The van der Waals surface area contributed by atoms with Gasteiger partial charge in [0.05, 0.1) is 29.4 Å². The molecule has 0 radical (unpaired) electrons. The monoisotopic (exact) mass is 374 g/mol. The van der Waals surface area contributed by atoms with E-state index in [0.717, 1.165) is 16.6 Å². The summed E-state index contributed by atoms with van der Waals surface area (Å²) in [6.45, 7) is 2.13. The standard InChI is InChI=1S/C21H18N4O3/c1-2-27-20(26)15-9-7-14(8-10-15)19-12-11-16(28-19)13-22-25-21-23-17-5-3-4-6-18(17)24-21/h3-13H,2H2,1H3,(H2,23,24,25)/b22-13-. The molecule has 4 aromatic rings. The van der Waals surface area contributed by atoms with E-state index in [2.05, 4.69) is 20.5 Å². The first-order chi connectivity index (χ1) is 13.7. The summed E-state index contributed by atoms with van der Waals surface area (Å²) in [7, 11) is 0. The third kappa shape index (κ3) is 3.78. The van der Waals surface area contributed by atoms with Crippen LogP contribution in [0.15, 0.2) is 70.2 Å². The van der Waals surface area contributed by atoms with Crippen LogP contribution in [0.2, 0.25) is 0 Å². The number of nitrogens with one attached hydrogen (secondary N) is 2. The molecule has 2 aromatic carbocycles. The molecule has 0 bridgehead atoms. The smallest absolute Gasteiger partial charge is 0.338 e. The lowest BCUT2D eigenvalue weighted by molar-refractivity contribution is 0.0526. The minimum atomic E-state index is -0.335. The predicted octanol–water partition coefficient (Wildman–Crippen LogP) is 4.45. The van der Waals surface area contributed by atoms with E-state index < -0.39 is 0 Å². The molecule has 0 amide bonds. The Labute approximate surface area is 161 Å². The van der Waals surface area contributed by atoms with Crippen LogP contribution in [-0.4, -0.2) is 28.8 Å². The molecule has 0 saturated heterocycles. The molecule has 0 aliphatic carbocycles. The van der Waals surface area contributed by atoms with Crippen molar-refractivity contribution >= 4 is 29.2 Å². The van der Waals surface area contributed by atoms with Gasteiger partial charge in [0.15, 0.2) is 0 Å². The van der Waals surface area contributed by atoms with E-state index in [0.29, 0.717) is 29.6 Å². The van der Waals surface area contributed by atoms with Crippen LogP contribution >= 0.6 is 0 Å². The number of ether oxygens (including phenoxy) is 1. The summed E-state index contributed by atoms with van der Waals surface area (Å²) < 4.78 is 10.8. The maximum Gasteiger partial charge on any atom is 0.338 e. The van der Waals surface area contributed by atoms with Crippen LogP contribution in [-0.2, 0) is 4.74 Å². The van der Waals surface area contributed by atoms with E-state index in [1.807, 2.05) is 48.5 Å². The largest absolute Gasteiger partial charge is 0.462 e. The maximum atomic E-state index is 11.7. The summed E-state index contributed by atoms with van der Waals surface area (Å²) >= 11 is 0. The first kappa shape index (κ1) is 17.5. The van der Waals surface area contributed by atoms with Crippen molar-refractivity contribution in [1.29, 1.82) is 0 Å². The molecule has 0 saturated carbocycles. The van der Waals surface area contributed by atoms with Crippen molar-refractivity contribution in [1.82, 2.24) is 9.97 Å². The highest BCUT2D eigenvalue weighted by atomic mass is 16.5. The minimum Gasteiger partial charge on any atom is -0.462 e. The van der Waals surface area contributed by atoms with Gasteiger partial charge in [-0.05, 0) is 43.3 Å². The van der Waals surface area contributed by atoms with Gasteiger partial charge in [-0.25, -0.2) is 15.2 Å². The van der Waals surface area contributed by atoms with Crippen molar-refractivity contribution in [3.63, 3.8) is 0 Å². The van der Waals surface area contributed by atoms with Crippen LogP contribution in [0.3, 0.4) is 0 Å². The molecule has 0 unspecified atom stereocenters. The Morgan fingerprint density at radius 2 is 2.00 bits per heavy atom. The second-order valence-corrected chi connectivity index (χ2v) is 5.97. The SMILES string of the molecule is CCOC(=O)c1ccc(-c2ccc(/C=N\Nc3nc4ccccc4[nH]3)o2)cc1. The molecule has 7 nitrogen and oxygen atoms in total. The van der Waals surface area contributed by atoms with Gasteiger partial charge in [0.2, 0.25) is 5.95 Å². The van der Waals surface area contributed by atoms with E-state index in [9.17, 15) is 4.79 Å². The first-order valence-corrected chi connectivity index (χ1v) is 8.84. The van der Waals surface area contributed by atoms with Gasteiger partial charge in [-0.3, -0.25) is 0 Å². The number of anilines is 1. The summed E-state index contributed by atoms with van der Waals surface area (Å²) in [5.74, 6) is 1.49. The Bertz CT molecular complexity index is 1090. The van der Waals surface area contributed by atoms with Gasteiger partial charge in [0.1, 0.15) is 11.5 Å². The number of carbonyl (C=O) groups excluding carboxylic acids is 1. The third-order valence-corrected chi connectivity index (χ3v) is 4.06. The van der Waals surface area contributed by atoms with Gasteiger partial charge in [0.25, 0.3) is 0 Å². The molecule has 4 rings (SSSR count). The summed E-state index contributed by atoms with van der Waals surface area (Å²) in [6, 6.07) is 18.5. The number of rotatable bonds is 6. The molecule has 0 aliphatic heterocycles. The Kier molecular flexibility index (Phi) is 4.88. The minimum absolute atomic E-state index is 0.335. The van der Waals surface area contributed by atoms with Crippen molar-refractivity contribution in [3.8, 4) is 11.3 Å². The van der Waals surface area contributed by atoms with Crippen molar-refractivity contribution < 1.29 is 13.9 Å². The third-order valence-electron chi connectivity index (χ3n) is 4.06. The van der Waals surface area contributed by atoms with Crippen molar-refractivity contribution in [3.05, 3.63) is 72.0 Å². The molecule has 2 N–H and O–H groups in total. The van der Waals surface area contributed by atoms with Gasteiger partial charge >= 0.3 is 5.97 Å². The van der Waals surface area contributed by atoms with E-state index in [1.54, 1.807) is 25.3 Å². The number of benzene rings is 2. The molecule has 0 fully saturated rings. The second kappa shape index (κ2) is 7.79. The summed E-state index contributed by atoms with van der Waals surface area (Å²) in [4.78, 5) is 19.2. The normalized spacial score (nSPS) is 11.2. The number of hydrogen-bond acceptors (Lipinski definition) is 6. The molecule has 0 atom stereocenters. The topological polar surface area (TPSA) is 92.5 Å². The number of carbonyl (C=O) groups is 1. The number of fused-ring (bicyclic) bond motifs is 1. The number of furan rings is 1. The summed E-state index contributed by atoms with van der Waals surface area (Å²) in [5, 5.41) is 4.15. The second-order valence-electron chi connectivity index (χ2n) is 5.97. The summed E-state index contributed by atoms with van der Waals surface area (Å²) in [6.07, 6.45) is 1.57. The molecule has 2 aromatic heterocycles. The molecular formula is C21H18N4O3.